The molecule has 0 aromatic rings. The van der Waals surface area contributed by atoms with Gasteiger partial charge in [0, 0.05) is 13.2 Å². The second kappa shape index (κ2) is 12.8. The van der Waals surface area contributed by atoms with Crippen LogP contribution in [0.3, 0.4) is 0 Å². The summed E-state index contributed by atoms with van der Waals surface area (Å²) in [5.41, 5.74) is 0. The molecule has 0 aliphatic carbocycles. The molecule has 0 fully saturated rings. The van der Waals surface area contributed by atoms with Crippen LogP contribution in [0.1, 0.15) is 54.4 Å². The van der Waals surface area contributed by atoms with Gasteiger partial charge in [-0.3, -0.25) is 14.7 Å². The van der Waals surface area contributed by atoms with E-state index in [-0.39, 0.29) is 18.5 Å². The van der Waals surface area contributed by atoms with Gasteiger partial charge in [-0.25, -0.2) is 0 Å². The van der Waals surface area contributed by atoms with Crippen molar-refractivity contribution in [3.8, 4) is 0 Å². The van der Waals surface area contributed by atoms with Crippen molar-refractivity contribution in [1.82, 2.24) is 5.32 Å². The highest BCUT2D eigenvalue weighted by Gasteiger charge is 2.44. The van der Waals surface area contributed by atoms with Crippen molar-refractivity contribution >= 4 is 13.3 Å². The number of carbonyl (C=O) groups is 1. The summed E-state index contributed by atoms with van der Waals surface area (Å²) < 4.78 is 35.4. The summed E-state index contributed by atoms with van der Waals surface area (Å²) >= 11 is 0. The minimum absolute atomic E-state index is 0.263. The van der Waals surface area contributed by atoms with Gasteiger partial charge in [0.05, 0.1) is 19.5 Å². The molecule has 0 amide bonds. The maximum Gasteiger partial charge on any atom is 0.322 e. The fourth-order valence-electron chi connectivity index (χ4n) is 2.60. The van der Waals surface area contributed by atoms with E-state index in [2.05, 4.69) is 5.32 Å². The molecule has 0 spiro atoms. The summed E-state index contributed by atoms with van der Waals surface area (Å²) in [5.74, 6) is -0.673. The number of methoxy groups -OCH3 is 1. The summed E-state index contributed by atoms with van der Waals surface area (Å²) in [6.07, 6.45) is 1.07. The lowest BCUT2D eigenvalue weighted by Crippen LogP contribution is -2.46. The molecule has 0 aliphatic heterocycles. The van der Waals surface area contributed by atoms with Gasteiger partial charge in [0.15, 0.2) is 0 Å². The third kappa shape index (κ3) is 7.75. The normalized spacial score (nSPS) is 16.7. The number of hydrogen-bond acceptors (Lipinski definition) is 7. The Hall–Kier alpha value is -0.460. The van der Waals surface area contributed by atoms with Crippen molar-refractivity contribution in [2.75, 3.05) is 26.9 Å². The maximum absolute atomic E-state index is 13.7. The first-order chi connectivity index (χ1) is 11.8. The monoisotopic (exact) mass is 381 g/mol. The molecule has 0 radical (unpaired) electrons. The van der Waals surface area contributed by atoms with E-state index >= 15 is 0 Å². The molecule has 0 saturated heterocycles. The number of nitrogens with one attached hydrogen (secondary N) is 1. The van der Waals surface area contributed by atoms with E-state index in [1.165, 1.54) is 7.11 Å². The summed E-state index contributed by atoms with van der Waals surface area (Å²) in [6, 6.07) is -1.52. The minimum atomic E-state index is -3.38. The zero-order chi connectivity index (χ0) is 19.5. The highest BCUT2D eigenvalue weighted by atomic mass is 31.2. The Morgan fingerprint density at radius 3 is 1.96 bits per heavy atom. The Morgan fingerprint density at radius 1 is 1.04 bits per heavy atom. The van der Waals surface area contributed by atoms with Gasteiger partial charge >= 0.3 is 5.97 Å². The molecule has 8 heteroatoms. The van der Waals surface area contributed by atoms with E-state index in [4.69, 9.17) is 18.7 Å². The highest BCUT2D eigenvalue weighted by molar-refractivity contribution is 7.60. The zero-order valence-electron chi connectivity index (χ0n) is 16.7. The lowest BCUT2D eigenvalue weighted by molar-refractivity contribution is -0.143. The van der Waals surface area contributed by atoms with Crippen LogP contribution in [0, 0.1) is 5.92 Å². The van der Waals surface area contributed by atoms with Crippen LogP contribution in [0.2, 0.25) is 0 Å². The van der Waals surface area contributed by atoms with Gasteiger partial charge in [0.25, 0.3) is 7.37 Å². The van der Waals surface area contributed by atoms with Crippen LogP contribution in [-0.2, 0) is 28.1 Å². The Bertz CT molecular complexity index is 412. The standard InChI is InChI=1S/C17H36NO6P/c1-8-15(18-14(12-13(5)6)16(19)21-7)25(20,24-11-4)17(22-9-2)23-10-3/h13-15,17-18H,8-12H2,1-7H3/t14-,15-,25-/m0/s1. The van der Waals surface area contributed by atoms with Gasteiger partial charge in [0.1, 0.15) is 6.04 Å². The summed E-state index contributed by atoms with van der Waals surface area (Å²) in [6.45, 7) is 12.3. The quantitative estimate of drug-likeness (QED) is 0.280. The molecule has 7 nitrogen and oxygen atoms in total. The van der Waals surface area contributed by atoms with Crippen LogP contribution in [0.5, 0.6) is 0 Å². The molecule has 0 aromatic heterocycles. The molecular weight excluding hydrogens is 345 g/mol. The zero-order valence-corrected chi connectivity index (χ0v) is 17.6. The Morgan fingerprint density at radius 2 is 1.60 bits per heavy atom. The first kappa shape index (κ1) is 24.5. The molecule has 1 N–H and O–H groups in total. The van der Waals surface area contributed by atoms with Crippen LogP contribution in [-0.4, -0.2) is 50.8 Å². The van der Waals surface area contributed by atoms with E-state index < -0.39 is 25.2 Å². The third-order valence-corrected chi connectivity index (χ3v) is 6.58. The van der Waals surface area contributed by atoms with E-state index in [1.807, 2.05) is 34.6 Å². The molecule has 0 bridgehead atoms. The lowest BCUT2D eigenvalue weighted by atomic mass is 10.0. The smallest absolute Gasteiger partial charge is 0.322 e. The van der Waals surface area contributed by atoms with E-state index in [0.717, 1.165) is 0 Å². The molecular formula is C17H36NO6P. The van der Waals surface area contributed by atoms with Crippen LogP contribution in [0.15, 0.2) is 0 Å². The van der Waals surface area contributed by atoms with Gasteiger partial charge in [-0.1, -0.05) is 20.8 Å². The van der Waals surface area contributed by atoms with E-state index in [1.54, 1.807) is 6.92 Å². The fraction of sp³-hybridized carbons (Fsp3) is 0.941. The van der Waals surface area contributed by atoms with Gasteiger partial charge < -0.3 is 18.7 Å². The van der Waals surface area contributed by atoms with Crippen molar-refractivity contribution in [1.29, 1.82) is 0 Å². The molecule has 0 unspecified atom stereocenters. The highest BCUT2D eigenvalue weighted by Crippen LogP contribution is 2.57. The van der Waals surface area contributed by atoms with Crippen LogP contribution in [0.25, 0.3) is 0 Å². The number of rotatable bonds is 14. The van der Waals surface area contributed by atoms with Crippen molar-refractivity contribution in [2.24, 2.45) is 5.92 Å². The third-order valence-electron chi connectivity index (χ3n) is 3.65. The molecule has 0 aromatic carbocycles. The summed E-state index contributed by atoms with van der Waals surface area (Å²) in [7, 11) is -2.03. The molecule has 0 saturated carbocycles. The second-order valence-corrected chi connectivity index (χ2v) is 8.67. The van der Waals surface area contributed by atoms with Crippen molar-refractivity contribution in [3.05, 3.63) is 0 Å². The average molecular weight is 381 g/mol. The second-order valence-electron chi connectivity index (χ2n) is 6.08. The number of hydrogen-bond donors (Lipinski definition) is 1. The number of carbonyl (C=O) groups excluding carboxylic acids is 1. The Balaban J connectivity index is 5.60. The topological polar surface area (TPSA) is 83.1 Å². The molecule has 25 heavy (non-hydrogen) atoms. The number of esters is 1. The summed E-state index contributed by atoms with van der Waals surface area (Å²) in [4.78, 5) is 12.1. The lowest BCUT2D eigenvalue weighted by Gasteiger charge is -2.34. The molecule has 150 valence electrons. The first-order valence-corrected chi connectivity index (χ1v) is 10.9. The molecule has 0 heterocycles. The molecule has 0 rings (SSSR count). The maximum atomic E-state index is 13.7. The Labute approximate surface area is 152 Å². The SMILES string of the molecule is CCOC(OCC)[P@@](=O)(OCC)[C@@H](CC)N[C@@H](CC(C)C)C(=O)OC. The predicted molar refractivity (Wildman–Crippen MR) is 98.7 cm³/mol. The first-order valence-electron chi connectivity index (χ1n) is 9.11. The van der Waals surface area contributed by atoms with Crippen LogP contribution < -0.4 is 5.32 Å². The minimum Gasteiger partial charge on any atom is -0.468 e. The van der Waals surface area contributed by atoms with Gasteiger partial charge in [-0.2, -0.15) is 0 Å². The van der Waals surface area contributed by atoms with Crippen LogP contribution >= 0.6 is 7.37 Å². The van der Waals surface area contributed by atoms with Gasteiger partial charge in [-0.05, 0) is 39.5 Å². The largest absolute Gasteiger partial charge is 0.468 e. The van der Waals surface area contributed by atoms with Crippen molar-refractivity contribution in [3.63, 3.8) is 0 Å². The molecule has 0 aliphatic rings. The molecule has 3 atom stereocenters. The van der Waals surface area contributed by atoms with E-state index in [9.17, 15) is 9.36 Å². The van der Waals surface area contributed by atoms with Crippen molar-refractivity contribution in [2.45, 2.75) is 72.2 Å². The fourth-order valence-corrected chi connectivity index (χ4v) is 5.20. The summed E-state index contributed by atoms with van der Waals surface area (Å²) in [5, 5.41) is 3.19. The average Bonchev–Trinajstić information content (AvgIpc) is 2.57. The predicted octanol–water partition coefficient (Wildman–Crippen LogP) is 3.57. The number of ether oxygens (including phenoxy) is 3. The van der Waals surface area contributed by atoms with E-state index in [0.29, 0.717) is 26.1 Å². The Kier molecular flexibility index (Phi) is 12.6. The van der Waals surface area contributed by atoms with Crippen LogP contribution in [0.4, 0.5) is 0 Å². The van der Waals surface area contributed by atoms with Gasteiger partial charge in [-0.15, -0.1) is 0 Å². The van der Waals surface area contributed by atoms with Crippen molar-refractivity contribution < 1.29 is 28.1 Å². The van der Waals surface area contributed by atoms with Gasteiger partial charge in [0.2, 0.25) is 6.03 Å².